The van der Waals surface area contributed by atoms with E-state index in [1.807, 2.05) is 0 Å². The first-order valence-electron chi connectivity index (χ1n) is 5.48. The van der Waals surface area contributed by atoms with Crippen LogP contribution in [0.5, 0.6) is 11.6 Å². The van der Waals surface area contributed by atoms with Crippen molar-refractivity contribution < 1.29 is 17.9 Å². The summed E-state index contributed by atoms with van der Waals surface area (Å²) in [5.41, 5.74) is 5.05. The highest BCUT2D eigenvalue weighted by Gasteiger charge is 2.34. The quantitative estimate of drug-likeness (QED) is 0.881. The van der Waals surface area contributed by atoms with Gasteiger partial charge in [0, 0.05) is 17.8 Å². The van der Waals surface area contributed by atoms with Crippen molar-refractivity contribution in [3.05, 3.63) is 53.7 Å². The Bertz CT molecular complexity index is 626. The highest BCUT2D eigenvalue weighted by molar-refractivity contribution is 7.80. The van der Waals surface area contributed by atoms with Crippen LogP contribution in [0, 0.1) is 0 Å². The van der Waals surface area contributed by atoms with Crippen molar-refractivity contribution in [1.29, 1.82) is 0 Å². The lowest BCUT2D eigenvalue weighted by Gasteiger charge is -2.12. The first kappa shape index (κ1) is 14.3. The van der Waals surface area contributed by atoms with Gasteiger partial charge in [0.25, 0.3) is 0 Å². The Kier molecular flexibility index (Phi) is 3.89. The summed E-state index contributed by atoms with van der Waals surface area (Å²) in [6, 6.07) is 7.85. The maximum absolute atomic E-state index is 12.8. The van der Waals surface area contributed by atoms with E-state index in [1.165, 1.54) is 36.5 Å². The number of nitrogens with zero attached hydrogens (tertiary/aromatic N) is 1. The van der Waals surface area contributed by atoms with Crippen LogP contribution in [0.1, 0.15) is 11.1 Å². The molecule has 1 aromatic carbocycles. The topological polar surface area (TPSA) is 48.1 Å². The number of hydrogen-bond acceptors (Lipinski definition) is 3. The van der Waals surface area contributed by atoms with E-state index >= 15 is 0 Å². The first-order valence-corrected chi connectivity index (χ1v) is 5.88. The zero-order valence-electron chi connectivity index (χ0n) is 10.0. The van der Waals surface area contributed by atoms with Gasteiger partial charge in [-0.2, -0.15) is 13.2 Å². The summed E-state index contributed by atoms with van der Waals surface area (Å²) in [5.74, 6) is -0.280. The van der Waals surface area contributed by atoms with Crippen molar-refractivity contribution in [3.8, 4) is 11.6 Å². The summed E-state index contributed by atoms with van der Waals surface area (Å²) in [6.45, 7) is 0. The second-order valence-electron chi connectivity index (χ2n) is 3.85. The Morgan fingerprint density at radius 3 is 2.40 bits per heavy atom. The Balaban J connectivity index is 2.28. The van der Waals surface area contributed by atoms with Gasteiger partial charge in [0.05, 0.1) is 5.56 Å². The lowest BCUT2D eigenvalue weighted by molar-refractivity contribution is -0.138. The second-order valence-corrected chi connectivity index (χ2v) is 4.29. The van der Waals surface area contributed by atoms with E-state index in [9.17, 15) is 13.2 Å². The largest absolute Gasteiger partial charge is 0.438 e. The fraction of sp³-hybridized carbons (Fsp3) is 0.0769. The molecular formula is C13H9F3N2OS. The molecule has 0 saturated carbocycles. The first-order chi connectivity index (χ1) is 9.38. The molecule has 0 amide bonds. The molecule has 0 saturated heterocycles. The summed E-state index contributed by atoms with van der Waals surface area (Å²) >= 11 is 4.75. The zero-order chi connectivity index (χ0) is 14.8. The number of thiocarbonyl (C=S) groups is 1. The molecule has 2 N–H and O–H groups in total. The number of aromatic nitrogens is 1. The van der Waals surface area contributed by atoms with Crippen molar-refractivity contribution >= 4 is 17.2 Å². The van der Waals surface area contributed by atoms with Gasteiger partial charge in [0.1, 0.15) is 10.7 Å². The van der Waals surface area contributed by atoms with Gasteiger partial charge in [-0.25, -0.2) is 4.98 Å². The minimum atomic E-state index is -4.49. The van der Waals surface area contributed by atoms with E-state index in [0.29, 0.717) is 5.56 Å². The Morgan fingerprint density at radius 2 is 1.85 bits per heavy atom. The van der Waals surface area contributed by atoms with Crippen molar-refractivity contribution in [1.82, 2.24) is 4.98 Å². The smallest absolute Gasteiger partial charge is 0.419 e. The molecule has 2 rings (SSSR count). The summed E-state index contributed by atoms with van der Waals surface area (Å²) in [5, 5.41) is 0. The molecule has 0 unspecified atom stereocenters. The molecule has 0 bridgehead atoms. The highest BCUT2D eigenvalue weighted by atomic mass is 32.1. The third kappa shape index (κ3) is 3.24. The molecule has 2 aromatic rings. The summed E-state index contributed by atoms with van der Waals surface area (Å²) in [7, 11) is 0. The van der Waals surface area contributed by atoms with E-state index in [4.69, 9.17) is 22.7 Å². The number of hydrogen-bond donors (Lipinski definition) is 1. The van der Waals surface area contributed by atoms with E-state index in [1.54, 1.807) is 0 Å². The molecule has 104 valence electrons. The second kappa shape index (κ2) is 5.46. The van der Waals surface area contributed by atoms with Crippen LogP contribution in [0.3, 0.4) is 0 Å². The van der Waals surface area contributed by atoms with E-state index < -0.39 is 11.7 Å². The third-order valence-electron chi connectivity index (χ3n) is 2.43. The summed E-state index contributed by atoms with van der Waals surface area (Å²) in [6.07, 6.45) is -3.15. The molecule has 1 heterocycles. The molecule has 0 spiro atoms. The van der Waals surface area contributed by atoms with Crippen LogP contribution in [-0.4, -0.2) is 9.97 Å². The molecule has 20 heavy (non-hydrogen) atoms. The van der Waals surface area contributed by atoms with Crippen LogP contribution in [0.15, 0.2) is 42.6 Å². The number of ether oxygens (including phenoxy) is 1. The number of halogens is 3. The van der Waals surface area contributed by atoms with Gasteiger partial charge in [-0.05, 0) is 18.2 Å². The Morgan fingerprint density at radius 1 is 1.15 bits per heavy atom. The van der Waals surface area contributed by atoms with Crippen molar-refractivity contribution in [2.45, 2.75) is 6.18 Å². The molecule has 7 heteroatoms. The Labute approximate surface area is 118 Å². The fourth-order valence-corrected chi connectivity index (χ4v) is 1.61. The maximum Gasteiger partial charge on any atom is 0.419 e. The molecule has 3 nitrogen and oxygen atoms in total. The lowest BCUT2D eigenvalue weighted by Crippen LogP contribution is -2.10. The fourth-order valence-electron chi connectivity index (χ4n) is 1.49. The minimum absolute atomic E-state index is 0.0294. The van der Waals surface area contributed by atoms with E-state index in [-0.39, 0.29) is 16.6 Å². The van der Waals surface area contributed by atoms with Gasteiger partial charge in [-0.15, -0.1) is 0 Å². The van der Waals surface area contributed by atoms with Gasteiger partial charge < -0.3 is 10.5 Å². The predicted molar refractivity (Wildman–Crippen MR) is 71.6 cm³/mol. The lowest BCUT2D eigenvalue weighted by atomic mass is 10.2. The van der Waals surface area contributed by atoms with Crippen LogP contribution >= 0.6 is 12.2 Å². The average Bonchev–Trinajstić information content (AvgIpc) is 2.38. The minimum Gasteiger partial charge on any atom is -0.438 e. The van der Waals surface area contributed by atoms with E-state index in [2.05, 4.69) is 4.98 Å². The number of benzene rings is 1. The van der Waals surface area contributed by atoms with Crippen molar-refractivity contribution in [2.75, 3.05) is 0 Å². The van der Waals surface area contributed by atoms with Gasteiger partial charge in [-0.1, -0.05) is 24.4 Å². The van der Waals surface area contributed by atoms with Gasteiger partial charge in [0.15, 0.2) is 0 Å². The number of para-hydroxylation sites is 1. The summed E-state index contributed by atoms with van der Waals surface area (Å²) in [4.78, 5) is 4.01. The van der Waals surface area contributed by atoms with Crippen molar-refractivity contribution in [3.63, 3.8) is 0 Å². The standard InChI is InChI=1S/C13H9F3N2OS/c14-13(15,16)9-3-1-2-4-10(9)19-11-6-5-8(7-18-11)12(17)20/h1-7H,(H2,17,20). The van der Waals surface area contributed by atoms with Crippen LogP contribution in [0.25, 0.3) is 0 Å². The van der Waals surface area contributed by atoms with Crippen molar-refractivity contribution in [2.24, 2.45) is 5.73 Å². The molecule has 1 aromatic heterocycles. The van der Waals surface area contributed by atoms with Crippen LogP contribution in [0.4, 0.5) is 13.2 Å². The molecule has 0 atom stereocenters. The summed E-state index contributed by atoms with van der Waals surface area (Å²) < 4.78 is 43.5. The molecule has 0 aliphatic rings. The molecular weight excluding hydrogens is 289 g/mol. The normalized spacial score (nSPS) is 11.2. The number of pyridine rings is 1. The van der Waals surface area contributed by atoms with Gasteiger partial charge in [-0.3, -0.25) is 0 Å². The zero-order valence-corrected chi connectivity index (χ0v) is 10.8. The van der Waals surface area contributed by atoms with E-state index in [0.717, 1.165) is 6.07 Å². The molecule has 0 aliphatic heterocycles. The van der Waals surface area contributed by atoms with Gasteiger partial charge in [0.2, 0.25) is 5.88 Å². The van der Waals surface area contributed by atoms with Crippen LogP contribution in [-0.2, 0) is 6.18 Å². The average molecular weight is 298 g/mol. The van der Waals surface area contributed by atoms with Gasteiger partial charge >= 0.3 is 6.18 Å². The number of rotatable bonds is 3. The number of alkyl halides is 3. The molecule has 0 aliphatic carbocycles. The Hall–Kier alpha value is -2.15. The maximum atomic E-state index is 12.8. The molecule has 0 radical (unpaired) electrons. The SMILES string of the molecule is NC(=S)c1ccc(Oc2ccccc2C(F)(F)F)nc1. The molecule has 0 fully saturated rings. The third-order valence-corrected chi connectivity index (χ3v) is 2.66. The monoisotopic (exact) mass is 298 g/mol. The van der Waals surface area contributed by atoms with Crippen LogP contribution in [0.2, 0.25) is 0 Å². The highest BCUT2D eigenvalue weighted by Crippen LogP contribution is 2.37. The van der Waals surface area contributed by atoms with Crippen LogP contribution < -0.4 is 10.5 Å². The number of nitrogens with two attached hydrogens (primary N) is 1. The predicted octanol–water partition coefficient (Wildman–Crippen LogP) is 3.53.